The smallest absolute Gasteiger partial charge is 0.312 e. The molecule has 0 spiro atoms. The molecule has 2 rings (SSSR count). The largest absolute Gasteiger partial charge is 0.386 e. The topological polar surface area (TPSA) is 114 Å². The van der Waals surface area contributed by atoms with Gasteiger partial charge in [-0.3, -0.25) is 4.79 Å². The van der Waals surface area contributed by atoms with E-state index in [0.717, 1.165) is 5.56 Å². The molecule has 1 aliphatic heterocycles. The number of amides is 3. The number of hydrogen-bond donors (Lipinski definition) is 4. The number of rotatable bonds is 5. The maximum atomic E-state index is 12.0. The predicted molar refractivity (Wildman–Crippen MR) is 75.6 cm³/mol. The van der Waals surface area contributed by atoms with Crippen LogP contribution in [-0.2, 0) is 11.3 Å². The van der Waals surface area contributed by atoms with Crippen LogP contribution >= 0.6 is 0 Å². The average Bonchev–Trinajstić information content (AvgIpc) is 2.90. The molecule has 0 saturated carbocycles. The second kappa shape index (κ2) is 6.55. The molecule has 1 saturated heterocycles. The number of carbonyl (C=O) groups excluding carboxylic acids is 2. The lowest BCUT2D eigenvalue weighted by Crippen LogP contribution is -2.43. The van der Waals surface area contributed by atoms with E-state index in [-0.39, 0.29) is 19.1 Å². The fourth-order valence-electron chi connectivity index (χ4n) is 2.05. The fourth-order valence-corrected chi connectivity index (χ4v) is 2.05. The maximum Gasteiger partial charge on any atom is 0.312 e. The SMILES string of the molecule is NC(=O)NCc1ccc(C(=O)NCC2(O)CCOC2)cc1. The van der Waals surface area contributed by atoms with E-state index in [1.165, 1.54) is 0 Å². The number of carbonyl (C=O) groups is 2. The normalized spacial score (nSPS) is 21.0. The van der Waals surface area contributed by atoms with Gasteiger partial charge in [-0.2, -0.15) is 0 Å². The predicted octanol–water partition coefficient (Wildman–Crippen LogP) is -0.264. The van der Waals surface area contributed by atoms with Crippen molar-refractivity contribution in [2.75, 3.05) is 19.8 Å². The molecule has 114 valence electrons. The van der Waals surface area contributed by atoms with E-state index in [4.69, 9.17) is 10.5 Å². The Morgan fingerprint density at radius 1 is 1.29 bits per heavy atom. The fraction of sp³-hybridized carbons (Fsp3) is 0.429. The standard InChI is InChI=1S/C14H19N3O4/c15-13(19)16-7-10-1-3-11(4-2-10)12(18)17-8-14(20)5-6-21-9-14/h1-4,20H,5-9H2,(H,17,18)(H3,15,16,19). The summed E-state index contributed by atoms with van der Waals surface area (Å²) >= 11 is 0. The molecular weight excluding hydrogens is 274 g/mol. The summed E-state index contributed by atoms with van der Waals surface area (Å²) in [6.45, 7) is 1.23. The molecule has 1 heterocycles. The lowest BCUT2D eigenvalue weighted by Gasteiger charge is -2.20. The van der Waals surface area contributed by atoms with Crippen molar-refractivity contribution in [3.63, 3.8) is 0 Å². The second-order valence-corrected chi connectivity index (χ2v) is 5.12. The molecule has 1 unspecified atom stereocenters. The Hall–Kier alpha value is -2.12. The number of nitrogens with two attached hydrogens (primary N) is 1. The highest BCUT2D eigenvalue weighted by molar-refractivity contribution is 5.94. The van der Waals surface area contributed by atoms with Gasteiger partial charge in [0.25, 0.3) is 5.91 Å². The summed E-state index contributed by atoms with van der Waals surface area (Å²) in [6, 6.07) is 6.19. The number of urea groups is 1. The first-order valence-corrected chi connectivity index (χ1v) is 6.69. The van der Waals surface area contributed by atoms with Gasteiger partial charge < -0.3 is 26.2 Å². The molecule has 0 aliphatic carbocycles. The summed E-state index contributed by atoms with van der Waals surface area (Å²) in [7, 11) is 0. The van der Waals surface area contributed by atoms with Crippen LogP contribution in [0.15, 0.2) is 24.3 Å². The second-order valence-electron chi connectivity index (χ2n) is 5.12. The van der Waals surface area contributed by atoms with Crippen LogP contribution < -0.4 is 16.4 Å². The van der Waals surface area contributed by atoms with Crippen molar-refractivity contribution in [3.05, 3.63) is 35.4 Å². The minimum Gasteiger partial charge on any atom is -0.386 e. The number of nitrogens with one attached hydrogen (secondary N) is 2. The van der Waals surface area contributed by atoms with Crippen molar-refractivity contribution in [2.45, 2.75) is 18.6 Å². The van der Waals surface area contributed by atoms with Gasteiger partial charge in [0.05, 0.1) is 6.61 Å². The van der Waals surface area contributed by atoms with Crippen LogP contribution in [-0.4, -0.2) is 42.4 Å². The Morgan fingerprint density at radius 3 is 2.57 bits per heavy atom. The third-order valence-electron chi connectivity index (χ3n) is 3.34. The molecule has 1 atom stereocenters. The van der Waals surface area contributed by atoms with Crippen LogP contribution in [0.2, 0.25) is 0 Å². The van der Waals surface area contributed by atoms with Crippen molar-refractivity contribution in [1.29, 1.82) is 0 Å². The number of benzene rings is 1. The van der Waals surface area contributed by atoms with Crippen molar-refractivity contribution < 1.29 is 19.4 Å². The van der Waals surface area contributed by atoms with Crippen LogP contribution in [0.3, 0.4) is 0 Å². The molecule has 5 N–H and O–H groups in total. The van der Waals surface area contributed by atoms with Crippen LogP contribution in [0.4, 0.5) is 4.79 Å². The molecular formula is C14H19N3O4. The molecule has 1 fully saturated rings. The Morgan fingerprint density at radius 2 is 2.00 bits per heavy atom. The van der Waals surface area contributed by atoms with Crippen LogP contribution in [0.5, 0.6) is 0 Å². The van der Waals surface area contributed by atoms with E-state index in [9.17, 15) is 14.7 Å². The lowest BCUT2D eigenvalue weighted by atomic mass is 10.0. The highest BCUT2D eigenvalue weighted by Crippen LogP contribution is 2.17. The molecule has 7 nitrogen and oxygen atoms in total. The van der Waals surface area contributed by atoms with Gasteiger partial charge >= 0.3 is 6.03 Å². The van der Waals surface area contributed by atoms with Gasteiger partial charge in [-0.1, -0.05) is 12.1 Å². The highest BCUT2D eigenvalue weighted by Gasteiger charge is 2.32. The molecule has 1 aromatic carbocycles. The van der Waals surface area contributed by atoms with Gasteiger partial charge in [0.2, 0.25) is 0 Å². The summed E-state index contributed by atoms with van der Waals surface area (Å²) in [5.74, 6) is -0.260. The minimum absolute atomic E-state index is 0.164. The monoisotopic (exact) mass is 293 g/mol. The Kier molecular flexibility index (Phi) is 4.77. The molecule has 7 heteroatoms. The quantitative estimate of drug-likeness (QED) is 0.598. The first-order chi connectivity index (χ1) is 9.98. The first-order valence-electron chi connectivity index (χ1n) is 6.69. The minimum atomic E-state index is -0.971. The number of ether oxygens (including phenoxy) is 1. The zero-order valence-electron chi connectivity index (χ0n) is 11.6. The molecule has 1 aliphatic rings. The Balaban J connectivity index is 1.86. The van der Waals surface area contributed by atoms with Crippen molar-refractivity contribution >= 4 is 11.9 Å². The van der Waals surface area contributed by atoms with Gasteiger partial charge in [-0.25, -0.2) is 4.79 Å². The number of primary amides is 1. The summed E-state index contributed by atoms with van der Waals surface area (Å²) in [5.41, 5.74) is 5.34. The van der Waals surface area contributed by atoms with Crippen LogP contribution in [0.25, 0.3) is 0 Å². The number of hydrogen-bond acceptors (Lipinski definition) is 4. The summed E-state index contributed by atoms with van der Waals surface area (Å²) in [6.07, 6.45) is 0.519. The van der Waals surface area contributed by atoms with Crippen molar-refractivity contribution in [3.8, 4) is 0 Å². The maximum absolute atomic E-state index is 12.0. The molecule has 0 radical (unpaired) electrons. The molecule has 1 aromatic rings. The summed E-state index contributed by atoms with van der Waals surface area (Å²) in [4.78, 5) is 22.6. The summed E-state index contributed by atoms with van der Waals surface area (Å²) < 4.78 is 5.11. The average molecular weight is 293 g/mol. The van der Waals surface area contributed by atoms with E-state index >= 15 is 0 Å². The number of aliphatic hydroxyl groups is 1. The third-order valence-corrected chi connectivity index (χ3v) is 3.34. The van der Waals surface area contributed by atoms with E-state index in [0.29, 0.717) is 25.1 Å². The van der Waals surface area contributed by atoms with Gasteiger partial charge in [-0.15, -0.1) is 0 Å². The third kappa shape index (κ3) is 4.44. The molecule has 0 aromatic heterocycles. The van der Waals surface area contributed by atoms with E-state index < -0.39 is 11.6 Å². The van der Waals surface area contributed by atoms with Crippen LogP contribution in [0, 0.1) is 0 Å². The summed E-state index contributed by atoms with van der Waals surface area (Å²) in [5, 5.41) is 15.2. The Bertz CT molecular complexity index is 509. The van der Waals surface area contributed by atoms with E-state index in [2.05, 4.69) is 10.6 Å². The molecule has 21 heavy (non-hydrogen) atoms. The van der Waals surface area contributed by atoms with E-state index in [1.54, 1.807) is 24.3 Å². The molecule has 0 bridgehead atoms. The zero-order valence-corrected chi connectivity index (χ0v) is 11.6. The van der Waals surface area contributed by atoms with Crippen molar-refractivity contribution in [2.24, 2.45) is 5.73 Å². The Labute approximate surface area is 122 Å². The van der Waals surface area contributed by atoms with Gasteiger partial charge in [0, 0.05) is 31.7 Å². The van der Waals surface area contributed by atoms with Gasteiger partial charge in [0.1, 0.15) is 5.60 Å². The first kappa shape index (κ1) is 15.3. The van der Waals surface area contributed by atoms with Crippen LogP contribution in [0.1, 0.15) is 22.3 Å². The van der Waals surface area contributed by atoms with E-state index in [1.807, 2.05) is 0 Å². The lowest BCUT2D eigenvalue weighted by molar-refractivity contribution is 0.0264. The van der Waals surface area contributed by atoms with Gasteiger partial charge in [0.15, 0.2) is 0 Å². The van der Waals surface area contributed by atoms with Crippen molar-refractivity contribution in [1.82, 2.24) is 10.6 Å². The van der Waals surface area contributed by atoms with Gasteiger partial charge in [-0.05, 0) is 17.7 Å². The highest BCUT2D eigenvalue weighted by atomic mass is 16.5. The molecule has 3 amide bonds. The zero-order chi connectivity index (χ0) is 15.3.